The van der Waals surface area contributed by atoms with Gasteiger partial charge in [-0.1, -0.05) is 11.8 Å². The lowest BCUT2D eigenvalue weighted by Crippen LogP contribution is -2.32. The number of nitrogens with zero attached hydrogens (tertiary/aromatic N) is 1. The van der Waals surface area contributed by atoms with E-state index >= 15 is 0 Å². The van der Waals surface area contributed by atoms with Gasteiger partial charge in [0.2, 0.25) is 5.91 Å². The Morgan fingerprint density at radius 3 is 2.84 bits per heavy atom. The first-order valence-electron chi connectivity index (χ1n) is 5.32. The average Bonchev–Trinajstić information content (AvgIpc) is 2.36. The van der Waals surface area contributed by atoms with E-state index in [1.165, 1.54) is 18.3 Å². The zero-order valence-corrected chi connectivity index (χ0v) is 10.9. The third-order valence-electron chi connectivity index (χ3n) is 1.86. The number of thioether (sulfide) groups is 1. The summed E-state index contributed by atoms with van der Waals surface area (Å²) < 4.78 is 4.54. The second kappa shape index (κ2) is 7.37. The van der Waals surface area contributed by atoms with E-state index in [9.17, 15) is 14.4 Å². The molecule has 0 bridgehead atoms. The van der Waals surface area contributed by atoms with Crippen LogP contribution in [0.4, 0.5) is 4.79 Å². The van der Waals surface area contributed by atoms with Gasteiger partial charge in [-0.3, -0.25) is 10.1 Å². The first kappa shape index (κ1) is 15.0. The van der Waals surface area contributed by atoms with Crippen LogP contribution >= 0.6 is 11.8 Å². The van der Waals surface area contributed by atoms with E-state index < -0.39 is 18.0 Å². The van der Waals surface area contributed by atoms with Crippen molar-refractivity contribution in [2.45, 2.75) is 11.9 Å². The molecule has 0 aliphatic heterocycles. The van der Waals surface area contributed by atoms with Crippen molar-refractivity contribution in [2.24, 2.45) is 0 Å². The summed E-state index contributed by atoms with van der Waals surface area (Å²) >= 11 is 0.932. The van der Waals surface area contributed by atoms with Crippen LogP contribution in [0.15, 0.2) is 23.4 Å². The minimum Gasteiger partial charge on any atom is -0.478 e. The van der Waals surface area contributed by atoms with E-state index in [0.717, 1.165) is 11.8 Å². The first-order valence-corrected chi connectivity index (χ1v) is 6.30. The standard InChI is InChI=1S/C11H12N2O5S/c1-2-18-11(17)13-8(14)6-19-9-7(10(15)16)4-3-5-12-9/h3-5H,2,6H2,1H3,(H,15,16)(H,13,14,17). The summed E-state index contributed by atoms with van der Waals surface area (Å²) in [5, 5.41) is 11.1. The van der Waals surface area contributed by atoms with Crippen LogP contribution in [0.3, 0.4) is 0 Å². The largest absolute Gasteiger partial charge is 0.478 e. The van der Waals surface area contributed by atoms with Gasteiger partial charge < -0.3 is 9.84 Å². The van der Waals surface area contributed by atoms with Crippen LogP contribution in [-0.2, 0) is 9.53 Å². The molecule has 1 heterocycles. The second-order valence-electron chi connectivity index (χ2n) is 3.22. The molecular formula is C11H12N2O5S. The fourth-order valence-corrected chi connectivity index (χ4v) is 1.91. The van der Waals surface area contributed by atoms with E-state index in [1.807, 2.05) is 5.32 Å². The number of hydrogen-bond donors (Lipinski definition) is 2. The number of nitrogens with one attached hydrogen (secondary N) is 1. The number of carboxylic acids is 1. The highest BCUT2D eigenvalue weighted by Crippen LogP contribution is 2.19. The maximum absolute atomic E-state index is 11.4. The molecule has 1 aromatic heterocycles. The normalized spacial score (nSPS) is 9.74. The van der Waals surface area contributed by atoms with Gasteiger partial charge in [0.25, 0.3) is 0 Å². The summed E-state index contributed by atoms with van der Waals surface area (Å²) in [6.07, 6.45) is 0.602. The van der Waals surface area contributed by atoms with Crippen LogP contribution < -0.4 is 5.32 Å². The molecule has 7 nitrogen and oxygen atoms in total. The number of carbonyl (C=O) groups is 3. The van der Waals surface area contributed by atoms with Gasteiger partial charge >= 0.3 is 12.1 Å². The molecule has 2 amide bonds. The van der Waals surface area contributed by atoms with E-state index in [4.69, 9.17) is 5.11 Å². The topological polar surface area (TPSA) is 106 Å². The van der Waals surface area contributed by atoms with E-state index in [2.05, 4.69) is 9.72 Å². The predicted octanol–water partition coefficient (Wildman–Crippen LogP) is 1.14. The van der Waals surface area contributed by atoms with Gasteiger partial charge in [-0.2, -0.15) is 0 Å². The summed E-state index contributed by atoms with van der Waals surface area (Å²) in [4.78, 5) is 37.1. The predicted molar refractivity (Wildman–Crippen MR) is 67.1 cm³/mol. The summed E-state index contributed by atoms with van der Waals surface area (Å²) in [6, 6.07) is 2.88. The number of aromatic carboxylic acids is 1. The Kier molecular flexibility index (Phi) is 5.80. The molecule has 8 heteroatoms. The summed E-state index contributed by atoms with van der Waals surface area (Å²) in [5.74, 6) is -1.83. The quantitative estimate of drug-likeness (QED) is 0.781. The van der Waals surface area contributed by atoms with E-state index in [1.54, 1.807) is 6.92 Å². The van der Waals surface area contributed by atoms with Crippen LogP contribution in [0.1, 0.15) is 17.3 Å². The molecule has 0 atom stereocenters. The molecule has 19 heavy (non-hydrogen) atoms. The molecule has 1 rings (SSSR count). The third-order valence-corrected chi connectivity index (χ3v) is 2.86. The lowest BCUT2D eigenvalue weighted by atomic mass is 10.3. The van der Waals surface area contributed by atoms with E-state index in [-0.39, 0.29) is 22.9 Å². The van der Waals surface area contributed by atoms with Crippen molar-refractivity contribution >= 4 is 29.7 Å². The number of rotatable bonds is 5. The molecule has 0 aromatic carbocycles. The fourth-order valence-electron chi connectivity index (χ4n) is 1.12. The molecule has 0 unspecified atom stereocenters. The van der Waals surface area contributed by atoms with Crippen molar-refractivity contribution in [2.75, 3.05) is 12.4 Å². The van der Waals surface area contributed by atoms with Crippen LogP contribution in [0.5, 0.6) is 0 Å². The van der Waals surface area contributed by atoms with Gasteiger partial charge in [-0.05, 0) is 19.1 Å². The van der Waals surface area contributed by atoms with Gasteiger partial charge in [0.05, 0.1) is 17.9 Å². The molecular weight excluding hydrogens is 272 g/mol. The average molecular weight is 284 g/mol. The highest BCUT2D eigenvalue weighted by molar-refractivity contribution is 8.00. The molecule has 0 aliphatic rings. The summed E-state index contributed by atoms with van der Waals surface area (Å²) in [7, 11) is 0. The first-order chi connectivity index (χ1) is 9.04. The Morgan fingerprint density at radius 1 is 1.47 bits per heavy atom. The van der Waals surface area contributed by atoms with Crippen molar-refractivity contribution in [1.82, 2.24) is 10.3 Å². The molecule has 0 fully saturated rings. The number of carbonyl (C=O) groups excluding carboxylic acids is 2. The zero-order valence-electron chi connectivity index (χ0n) is 10.1. The molecule has 0 saturated carbocycles. The number of pyridine rings is 1. The Hall–Kier alpha value is -2.09. The number of aromatic nitrogens is 1. The molecule has 0 saturated heterocycles. The van der Waals surface area contributed by atoms with Crippen molar-refractivity contribution < 1.29 is 24.2 Å². The monoisotopic (exact) mass is 284 g/mol. The van der Waals surface area contributed by atoms with Crippen molar-refractivity contribution in [3.05, 3.63) is 23.9 Å². The lowest BCUT2D eigenvalue weighted by molar-refractivity contribution is -0.117. The number of imide groups is 1. The van der Waals surface area contributed by atoms with Crippen LogP contribution in [0, 0.1) is 0 Å². The molecule has 0 spiro atoms. The molecule has 102 valence electrons. The molecule has 2 N–H and O–H groups in total. The van der Waals surface area contributed by atoms with Gasteiger partial charge in [-0.15, -0.1) is 0 Å². The maximum Gasteiger partial charge on any atom is 0.413 e. The summed E-state index contributed by atoms with van der Waals surface area (Å²) in [5.41, 5.74) is 0.0106. The van der Waals surface area contributed by atoms with Crippen LogP contribution in [0.25, 0.3) is 0 Å². The van der Waals surface area contributed by atoms with Gasteiger partial charge in [0.1, 0.15) is 5.03 Å². The number of amides is 2. The number of ether oxygens (including phenoxy) is 1. The van der Waals surface area contributed by atoms with E-state index in [0.29, 0.717) is 0 Å². The van der Waals surface area contributed by atoms with Gasteiger partial charge in [0, 0.05) is 6.20 Å². The number of alkyl carbamates (subject to hydrolysis) is 1. The number of carboxylic acid groups (broad SMARTS) is 1. The van der Waals surface area contributed by atoms with Crippen LogP contribution in [0.2, 0.25) is 0 Å². The summed E-state index contributed by atoms with van der Waals surface area (Å²) in [6.45, 7) is 1.78. The van der Waals surface area contributed by atoms with Gasteiger partial charge in [0.15, 0.2) is 0 Å². The molecule has 0 radical (unpaired) electrons. The maximum atomic E-state index is 11.4. The third kappa shape index (κ3) is 4.96. The van der Waals surface area contributed by atoms with Crippen molar-refractivity contribution in [3.8, 4) is 0 Å². The fraction of sp³-hybridized carbons (Fsp3) is 0.273. The molecule has 1 aromatic rings. The van der Waals surface area contributed by atoms with Gasteiger partial charge in [-0.25, -0.2) is 14.6 Å². The highest BCUT2D eigenvalue weighted by Gasteiger charge is 2.14. The minimum absolute atomic E-state index is 0.0106. The Balaban J connectivity index is 2.55. The Bertz CT molecular complexity index is 492. The minimum atomic E-state index is -1.12. The Morgan fingerprint density at radius 2 is 2.21 bits per heavy atom. The zero-order chi connectivity index (χ0) is 14.3. The number of hydrogen-bond acceptors (Lipinski definition) is 6. The second-order valence-corrected chi connectivity index (χ2v) is 4.18. The lowest BCUT2D eigenvalue weighted by Gasteiger charge is -2.05. The highest BCUT2D eigenvalue weighted by atomic mass is 32.2. The van der Waals surface area contributed by atoms with Crippen LogP contribution in [-0.4, -0.2) is 40.4 Å². The smallest absolute Gasteiger partial charge is 0.413 e. The molecule has 0 aliphatic carbocycles. The SMILES string of the molecule is CCOC(=O)NC(=O)CSc1ncccc1C(=O)O. The Labute approximate surface area is 113 Å². The van der Waals surface area contributed by atoms with Crippen molar-refractivity contribution in [3.63, 3.8) is 0 Å². The van der Waals surface area contributed by atoms with Crippen molar-refractivity contribution in [1.29, 1.82) is 0 Å².